The van der Waals surface area contributed by atoms with Gasteiger partial charge in [0.15, 0.2) is 0 Å². The van der Waals surface area contributed by atoms with Crippen molar-refractivity contribution in [1.82, 2.24) is 9.97 Å². The first-order valence-corrected chi connectivity index (χ1v) is 14.8. The summed E-state index contributed by atoms with van der Waals surface area (Å²) < 4.78 is 0. The van der Waals surface area contributed by atoms with Crippen LogP contribution in [0.4, 0.5) is 0 Å². The van der Waals surface area contributed by atoms with Crippen LogP contribution < -0.4 is 0 Å². The van der Waals surface area contributed by atoms with E-state index in [0.717, 1.165) is 61.2 Å². The Morgan fingerprint density at radius 3 is 2.61 bits per heavy atom. The van der Waals surface area contributed by atoms with Crippen molar-refractivity contribution in [2.75, 3.05) is 0 Å². The molecule has 4 fully saturated rings. The van der Waals surface area contributed by atoms with Gasteiger partial charge in [0.2, 0.25) is 0 Å². The van der Waals surface area contributed by atoms with E-state index in [1.165, 1.54) is 31.2 Å². The summed E-state index contributed by atoms with van der Waals surface area (Å²) in [5, 5.41) is 23.0. The van der Waals surface area contributed by atoms with Gasteiger partial charge in [-0.05, 0) is 123 Å². The third-order valence-electron chi connectivity index (χ3n) is 12.1. The minimum atomic E-state index is -0.188. The van der Waals surface area contributed by atoms with E-state index in [1.54, 1.807) is 0 Å². The van der Waals surface area contributed by atoms with E-state index >= 15 is 0 Å². The van der Waals surface area contributed by atoms with E-state index in [2.05, 4.69) is 45.9 Å². The van der Waals surface area contributed by atoms with Crippen LogP contribution in [0.25, 0.3) is 10.9 Å². The average Bonchev–Trinajstić information content (AvgIpc) is 3.21. The molecule has 0 radical (unpaired) electrons. The van der Waals surface area contributed by atoms with Crippen LogP contribution in [0, 0.1) is 53.3 Å². The number of rotatable bonds is 4. The maximum atomic E-state index is 11.5. The van der Waals surface area contributed by atoms with Crippen molar-refractivity contribution in [1.29, 1.82) is 0 Å². The van der Waals surface area contributed by atoms with Gasteiger partial charge in [0.25, 0.3) is 0 Å². The Kier molecular flexibility index (Phi) is 6.23. The summed E-state index contributed by atoms with van der Waals surface area (Å²) in [6, 6.07) is 6.32. The van der Waals surface area contributed by atoms with Gasteiger partial charge in [0.1, 0.15) is 5.82 Å². The average molecular weight is 491 g/mol. The molecule has 36 heavy (non-hydrogen) atoms. The van der Waals surface area contributed by atoms with Gasteiger partial charge in [0.05, 0.1) is 17.7 Å². The van der Waals surface area contributed by atoms with Gasteiger partial charge in [-0.15, -0.1) is 0 Å². The molecule has 4 aliphatic rings. The van der Waals surface area contributed by atoms with Crippen LogP contribution in [-0.2, 0) is 6.42 Å². The molecule has 0 aliphatic heterocycles. The molecule has 196 valence electrons. The quantitative estimate of drug-likeness (QED) is 0.513. The predicted octanol–water partition coefficient (Wildman–Crippen LogP) is 6.50. The Bertz CT molecular complexity index is 1120. The summed E-state index contributed by atoms with van der Waals surface area (Å²) in [5.41, 5.74) is 2.94. The van der Waals surface area contributed by atoms with Gasteiger partial charge in [-0.1, -0.05) is 32.9 Å². The summed E-state index contributed by atoms with van der Waals surface area (Å²) in [5.74, 6) is 4.54. The zero-order chi connectivity index (χ0) is 25.2. The fourth-order valence-corrected chi connectivity index (χ4v) is 10.1. The first-order valence-electron chi connectivity index (χ1n) is 14.8. The summed E-state index contributed by atoms with van der Waals surface area (Å²) in [7, 11) is 0. The first kappa shape index (κ1) is 24.8. The second-order valence-electron chi connectivity index (χ2n) is 13.8. The van der Waals surface area contributed by atoms with Crippen LogP contribution >= 0.6 is 0 Å². The number of fused-ring (bicyclic) bond motifs is 6. The van der Waals surface area contributed by atoms with Crippen molar-refractivity contribution in [2.24, 2.45) is 46.3 Å². The van der Waals surface area contributed by atoms with Crippen LogP contribution in [0.2, 0.25) is 0 Å². The smallest absolute Gasteiger partial charge is 0.128 e. The van der Waals surface area contributed by atoms with Crippen LogP contribution in [0.5, 0.6) is 0 Å². The Labute approximate surface area is 217 Å². The van der Waals surface area contributed by atoms with Crippen molar-refractivity contribution in [2.45, 2.75) is 104 Å². The van der Waals surface area contributed by atoms with Gasteiger partial charge in [-0.2, -0.15) is 0 Å². The molecule has 0 amide bonds. The van der Waals surface area contributed by atoms with Crippen LogP contribution in [-0.4, -0.2) is 32.4 Å². The number of aliphatic hydroxyl groups excluding tert-OH is 2. The Hall–Kier alpha value is -1.52. The summed E-state index contributed by atoms with van der Waals surface area (Å²) in [6.07, 6.45) is 12.8. The number of benzene rings is 1. The molecule has 1 aromatic heterocycles. The van der Waals surface area contributed by atoms with Gasteiger partial charge in [0, 0.05) is 18.0 Å². The zero-order valence-electron chi connectivity index (χ0n) is 22.8. The zero-order valence-corrected chi connectivity index (χ0v) is 22.8. The number of nitrogens with zero attached hydrogens (tertiary/aromatic N) is 2. The van der Waals surface area contributed by atoms with E-state index in [4.69, 9.17) is 9.97 Å². The van der Waals surface area contributed by atoms with E-state index in [0.29, 0.717) is 40.4 Å². The molecule has 0 saturated heterocycles. The molecule has 0 spiro atoms. The minimum absolute atomic E-state index is 0.159. The second kappa shape index (κ2) is 9.05. The fourth-order valence-electron chi connectivity index (χ4n) is 10.1. The molecule has 1 heterocycles. The van der Waals surface area contributed by atoms with Gasteiger partial charge in [-0.3, -0.25) is 0 Å². The van der Waals surface area contributed by atoms with Gasteiger partial charge in [-0.25, -0.2) is 9.97 Å². The third kappa shape index (κ3) is 3.85. The highest BCUT2D eigenvalue weighted by Crippen LogP contribution is 2.68. The number of hydrogen-bond acceptors (Lipinski definition) is 4. The van der Waals surface area contributed by atoms with Crippen molar-refractivity contribution in [3.63, 3.8) is 0 Å². The Morgan fingerprint density at radius 1 is 1.00 bits per heavy atom. The molecule has 4 heteroatoms. The molecule has 10 atom stereocenters. The highest BCUT2D eigenvalue weighted by Gasteiger charge is 2.62. The lowest BCUT2D eigenvalue weighted by atomic mass is 9.43. The molecular formula is C32H46N2O2. The number of aryl methyl sites for hydroxylation is 2. The molecule has 4 aliphatic carbocycles. The minimum Gasteiger partial charge on any atom is -0.393 e. The van der Waals surface area contributed by atoms with Crippen molar-refractivity contribution < 1.29 is 10.2 Å². The van der Waals surface area contributed by atoms with Crippen molar-refractivity contribution >= 4 is 10.9 Å². The largest absolute Gasteiger partial charge is 0.393 e. The van der Waals surface area contributed by atoms with Gasteiger partial charge < -0.3 is 10.2 Å². The number of hydrogen-bond donors (Lipinski definition) is 2. The molecule has 2 aromatic rings. The SMILES string of the molecule is Cc1cccc2nc(CC[C@@H](C)[C@H]3CC[C@H]4[C@H]5C(CC[C@]34C)[C@@]3(C)CC[C@@H](O)C[C@H]3C[C@@H]5O)ncc12. The van der Waals surface area contributed by atoms with Crippen molar-refractivity contribution in [3.8, 4) is 0 Å². The lowest BCUT2D eigenvalue weighted by Gasteiger charge is -2.62. The second-order valence-corrected chi connectivity index (χ2v) is 13.8. The Balaban J connectivity index is 1.17. The highest BCUT2D eigenvalue weighted by atomic mass is 16.3. The summed E-state index contributed by atoms with van der Waals surface area (Å²) in [4.78, 5) is 9.60. The van der Waals surface area contributed by atoms with E-state index < -0.39 is 0 Å². The topological polar surface area (TPSA) is 66.2 Å². The van der Waals surface area contributed by atoms with Crippen LogP contribution in [0.3, 0.4) is 0 Å². The Morgan fingerprint density at radius 2 is 1.78 bits per heavy atom. The number of aliphatic hydroxyl groups is 2. The van der Waals surface area contributed by atoms with E-state index in [1.807, 2.05) is 6.20 Å². The molecule has 1 unspecified atom stereocenters. The molecule has 0 bridgehead atoms. The maximum Gasteiger partial charge on any atom is 0.128 e. The molecule has 6 rings (SSSR count). The first-order chi connectivity index (χ1) is 17.2. The monoisotopic (exact) mass is 490 g/mol. The molecule has 1 aromatic carbocycles. The molecule has 4 saturated carbocycles. The van der Waals surface area contributed by atoms with E-state index in [-0.39, 0.29) is 12.2 Å². The van der Waals surface area contributed by atoms with Gasteiger partial charge >= 0.3 is 0 Å². The van der Waals surface area contributed by atoms with Crippen LogP contribution in [0.15, 0.2) is 24.4 Å². The fraction of sp³-hybridized carbons (Fsp3) is 0.750. The number of aromatic nitrogens is 2. The lowest BCUT2D eigenvalue weighted by molar-refractivity contribution is -0.174. The predicted molar refractivity (Wildman–Crippen MR) is 144 cm³/mol. The molecule has 2 N–H and O–H groups in total. The molecular weight excluding hydrogens is 444 g/mol. The third-order valence-corrected chi connectivity index (χ3v) is 12.1. The van der Waals surface area contributed by atoms with Crippen molar-refractivity contribution in [3.05, 3.63) is 35.8 Å². The highest BCUT2D eigenvalue weighted by molar-refractivity contribution is 5.80. The lowest BCUT2D eigenvalue weighted by Crippen LogP contribution is -2.58. The summed E-state index contributed by atoms with van der Waals surface area (Å²) in [6.45, 7) is 9.67. The maximum absolute atomic E-state index is 11.5. The van der Waals surface area contributed by atoms with E-state index in [9.17, 15) is 10.2 Å². The summed E-state index contributed by atoms with van der Waals surface area (Å²) >= 11 is 0. The van der Waals surface area contributed by atoms with Crippen LogP contribution in [0.1, 0.15) is 89.9 Å². The normalized spacial score (nSPS) is 43.0. The molecule has 4 nitrogen and oxygen atoms in total. The standard InChI is InChI=1S/C32H46N2O2/c1-19-6-5-7-27-23(19)18-33-29(34-27)11-8-20(2)24-9-10-25-30-26(13-15-32(24,25)4)31(3)14-12-22(35)16-21(31)17-28(30)36/h5-7,18,20-22,24-26,28,30,35-36H,8-17H2,1-4H3/t20-,21+,22-,24-,25+,26?,28+,30+,31+,32-/m1/s1.